The molecule has 0 radical (unpaired) electrons. The number of benzene rings is 2. The molecule has 6 nitrogen and oxygen atoms in total. The van der Waals surface area contributed by atoms with Crippen molar-refractivity contribution in [1.29, 1.82) is 0 Å². The van der Waals surface area contributed by atoms with Crippen LogP contribution >= 0.6 is 0 Å². The zero-order chi connectivity index (χ0) is 20.0. The van der Waals surface area contributed by atoms with E-state index in [4.69, 9.17) is 28.4 Å². The molecule has 0 fully saturated rings. The zero-order valence-electron chi connectivity index (χ0n) is 17.2. The molecule has 0 amide bonds. The summed E-state index contributed by atoms with van der Waals surface area (Å²) in [6, 6.07) is 4.12. The van der Waals surface area contributed by atoms with Crippen LogP contribution in [0, 0.1) is 5.92 Å². The maximum atomic E-state index is 5.85. The summed E-state index contributed by atoms with van der Waals surface area (Å²) >= 11 is 0. The van der Waals surface area contributed by atoms with Gasteiger partial charge in [0.15, 0.2) is 23.0 Å². The van der Waals surface area contributed by atoms with Crippen molar-refractivity contribution in [1.82, 2.24) is 0 Å². The molecule has 0 N–H and O–H groups in total. The van der Waals surface area contributed by atoms with E-state index in [2.05, 4.69) is 19.9 Å². The number of methoxy groups -OCH3 is 4. The van der Waals surface area contributed by atoms with Gasteiger partial charge in [0.25, 0.3) is 0 Å². The van der Waals surface area contributed by atoms with Crippen molar-refractivity contribution >= 4 is 0 Å². The minimum absolute atomic E-state index is 0.189. The van der Waals surface area contributed by atoms with Gasteiger partial charge in [0, 0.05) is 11.1 Å². The number of hydrogen-bond donors (Lipinski definition) is 0. The zero-order valence-corrected chi connectivity index (χ0v) is 17.2. The Hall–Kier alpha value is -2.76. The predicted octanol–water partition coefficient (Wildman–Crippen LogP) is 4.41. The van der Waals surface area contributed by atoms with E-state index in [-0.39, 0.29) is 12.7 Å². The van der Waals surface area contributed by atoms with Crippen LogP contribution in [0.25, 0.3) is 11.1 Å². The molecule has 2 atom stereocenters. The molecule has 2 aromatic rings. The number of fused-ring (bicyclic) bond motifs is 4. The van der Waals surface area contributed by atoms with Gasteiger partial charge in [0.1, 0.15) is 0 Å². The van der Waals surface area contributed by atoms with Crippen LogP contribution in [0.5, 0.6) is 34.5 Å². The molecule has 0 saturated carbocycles. The summed E-state index contributed by atoms with van der Waals surface area (Å²) in [6.07, 6.45) is 0.872. The van der Waals surface area contributed by atoms with Gasteiger partial charge in [0.2, 0.25) is 18.3 Å². The molecule has 2 aliphatic rings. The van der Waals surface area contributed by atoms with Gasteiger partial charge < -0.3 is 28.4 Å². The quantitative estimate of drug-likeness (QED) is 0.776. The van der Waals surface area contributed by atoms with Gasteiger partial charge in [-0.15, -0.1) is 0 Å². The highest BCUT2D eigenvalue weighted by Crippen LogP contribution is 2.58. The van der Waals surface area contributed by atoms with Crippen LogP contribution in [0.2, 0.25) is 0 Å². The molecule has 1 aliphatic carbocycles. The van der Waals surface area contributed by atoms with E-state index in [0.717, 1.165) is 34.4 Å². The topological polar surface area (TPSA) is 55.4 Å². The lowest BCUT2D eigenvalue weighted by Crippen LogP contribution is -2.08. The van der Waals surface area contributed by atoms with Gasteiger partial charge in [0.05, 0.1) is 28.4 Å². The molecule has 0 unspecified atom stereocenters. The summed E-state index contributed by atoms with van der Waals surface area (Å²) in [4.78, 5) is 0. The van der Waals surface area contributed by atoms with Crippen LogP contribution in [0.3, 0.4) is 0 Å². The first-order valence-electron chi connectivity index (χ1n) is 9.38. The van der Waals surface area contributed by atoms with Gasteiger partial charge in [-0.3, -0.25) is 0 Å². The Balaban J connectivity index is 2.15. The number of hydrogen-bond acceptors (Lipinski definition) is 6. The molecule has 1 aliphatic heterocycles. The summed E-state index contributed by atoms with van der Waals surface area (Å²) in [5.41, 5.74) is 4.21. The third-order valence-corrected chi connectivity index (χ3v) is 5.90. The second kappa shape index (κ2) is 7.00. The standard InChI is InChI=1S/C22H26O6/c1-11-7-13-8-15(23-3)19(24-4)21(25-5)17(13)18-14(12(11)2)9-16-20(22(18)26-6)28-10-27-16/h8-9,11-12H,7,10H2,1-6H3/t11-,12-/m1/s1. The van der Waals surface area contributed by atoms with E-state index in [1.807, 2.05) is 6.07 Å². The van der Waals surface area contributed by atoms with Crippen molar-refractivity contribution in [2.75, 3.05) is 35.2 Å². The SMILES string of the molecule is COc1cc2c(c(OC)c1OC)-c1c(cc3c(c1OC)OCO3)[C@H](C)[C@H](C)C2. The van der Waals surface area contributed by atoms with Gasteiger partial charge in [-0.05, 0) is 41.5 Å². The average molecular weight is 386 g/mol. The summed E-state index contributed by atoms with van der Waals surface area (Å²) in [5.74, 6) is 4.55. The third-order valence-electron chi connectivity index (χ3n) is 5.90. The maximum absolute atomic E-state index is 5.85. The maximum Gasteiger partial charge on any atom is 0.231 e. The van der Waals surface area contributed by atoms with Crippen molar-refractivity contribution in [2.45, 2.75) is 26.2 Å². The summed E-state index contributed by atoms with van der Waals surface area (Å²) in [7, 11) is 6.56. The normalized spacial score (nSPS) is 19.4. The first-order chi connectivity index (χ1) is 13.5. The van der Waals surface area contributed by atoms with Gasteiger partial charge in [-0.25, -0.2) is 0 Å². The lowest BCUT2D eigenvalue weighted by molar-refractivity contribution is 0.171. The highest BCUT2D eigenvalue weighted by atomic mass is 16.7. The third kappa shape index (κ3) is 2.54. The van der Waals surface area contributed by atoms with Gasteiger partial charge >= 0.3 is 0 Å². The largest absolute Gasteiger partial charge is 0.493 e. The van der Waals surface area contributed by atoms with Gasteiger partial charge in [-0.2, -0.15) is 0 Å². The Labute approximate surface area is 165 Å². The fourth-order valence-corrected chi connectivity index (χ4v) is 4.32. The Morgan fingerprint density at radius 3 is 2.18 bits per heavy atom. The summed E-state index contributed by atoms with van der Waals surface area (Å²) in [6.45, 7) is 4.68. The molecule has 150 valence electrons. The first-order valence-corrected chi connectivity index (χ1v) is 9.38. The van der Waals surface area contributed by atoms with E-state index in [1.165, 1.54) is 0 Å². The summed E-state index contributed by atoms with van der Waals surface area (Å²) < 4.78 is 34.3. The van der Waals surface area contributed by atoms with E-state index >= 15 is 0 Å². The fraction of sp³-hybridized carbons (Fsp3) is 0.455. The van der Waals surface area contributed by atoms with Crippen LogP contribution in [-0.2, 0) is 6.42 Å². The van der Waals surface area contributed by atoms with Crippen molar-refractivity contribution in [3.63, 3.8) is 0 Å². The van der Waals surface area contributed by atoms with Crippen LogP contribution in [0.1, 0.15) is 30.9 Å². The number of rotatable bonds is 4. The Kier molecular flexibility index (Phi) is 4.65. The van der Waals surface area contributed by atoms with E-state index in [0.29, 0.717) is 34.7 Å². The molecule has 6 heteroatoms. The molecule has 0 spiro atoms. The van der Waals surface area contributed by atoms with Gasteiger partial charge in [-0.1, -0.05) is 13.8 Å². The van der Waals surface area contributed by atoms with Crippen LogP contribution in [0.15, 0.2) is 12.1 Å². The Morgan fingerprint density at radius 2 is 1.54 bits per heavy atom. The molecule has 28 heavy (non-hydrogen) atoms. The molecule has 0 aromatic heterocycles. The van der Waals surface area contributed by atoms with Crippen molar-refractivity contribution in [3.8, 4) is 45.6 Å². The van der Waals surface area contributed by atoms with E-state index in [9.17, 15) is 0 Å². The van der Waals surface area contributed by atoms with Crippen molar-refractivity contribution < 1.29 is 28.4 Å². The predicted molar refractivity (Wildman–Crippen MR) is 105 cm³/mol. The lowest BCUT2D eigenvalue weighted by Gasteiger charge is -2.22. The van der Waals surface area contributed by atoms with Crippen LogP contribution in [0.4, 0.5) is 0 Å². The minimum atomic E-state index is 0.189. The monoisotopic (exact) mass is 386 g/mol. The molecular formula is C22H26O6. The highest BCUT2D eigenvalue weighted by molar-refractivity contribution is 5.89. The van der Waals surface area contributed by atoms with Crippen LogP contribution < -0.4 is 28.4 Å². The van der Waals surface area contributed by atoms with Crippen molar-refractivity contribution in [3.05, 3.63) is 23.3 Å². The van der Waals surface area contributed by atoms with Crippen LogP contribution in [-0.4, -0.2) is 35.2 Å². The molecular weight excluding hydrogens is 360 g/mol. The van der Waals surface area contributed by atoms with E-state index < -0.39 is 0 Å². The molecule has 0 saturated heterocycles. The Morgan fingerprint density at radius 1 is 0.821 bits per heavy atom. The molecule has 0 bridgehead atoms. The number of ether oxygens (including phenoxy) is 6. The lowest BCUT2D eigenvalue weighted by atomic mass is 9.85. The summed E-state index contributed by atoms with van der Waals surface area (Å²) in [5, 5.41) is 0. The second-order valence-corrected chi connectivity index (χ2v) is 7.26. The van der Waals surface area contributed by atoms with E-state index in [1.54, 1.807) is 28.4 Å². The Bertz CT molecular complexity index is 920. The average Bonchev–Trinajstić information content (AvgIpc) is 3.15. The second-order valence-electron chi connectivity index (χ2n) is 7.26. The fourth-order valence-electron chi connectivity index (χ4n) is 4.32. The molecule has 4 rings (SSSR count). The smallest absolute Gasteiger partial charge is 0.231 e. The molecule has 1 heterocycles. The molecule has 2 aromatic carbocycles. The highest BCUT2D eigenvalue weighted by Gasteiger charge is 2.36. The first kappa shape index (κ1) is 18.6. The van der Waals surface area contributed by atoms with Crippen molar-refractivity contribution in [2.24, 2.45) is 5.92 Å². The minimum Gasteiger partial charge on any atom is -0.493 e.